The van der Waals surface area contributed by atoms with Crippen LogP contribution in [0.15, 0.2) is 54.6 Å². The molecule has 17 amide bonds. The number of carboxylic acids is 1. The number of unbranched alkanes of at least 4 members (excludes halogenated alkanes) is 3. The van der Waals surface area contributed by atoms with E-state index in [9.17, 15) is 122 Å². The minimum atomic E-state index is -2.00. The Balaban J connectivity index is 1.75. The number of aromatic hydroxyl groups is 1. The number of carboxylic acid groups (broad SMARTS) is 1. The van der Waals surface area contributed by atoms with E-state index in [1.807, 2.05) is 0 Å². The standard InChI is InChI=1S/C90H148N20O27/c1-46(2)36-59(75(95)122)103-85(132)65(45-136-88-74(121)73(120)72(119)66(44-111)137-88)107-80(127)57(25-17-20-34-92)102-82(129)61(38-48(5)6)104-76(123)50(9)98-79(126)56(24-16-19-33-91)101-81(128)58(31-32-70(117)118)108-89(135)90(11,12)110-86(133)62(39-49(7)8)106-84(131)64(42-67(94)114)99-68(115)26-18-21-35-96-78(125)60(37-47(3)4)105-83(130)63(41-52-22-14-13-15-23-52)100-69(116)43-97-87(134)71(51(10)112)109-77(124)55(93)40-53-27-29-54(113)30-28-53/h13-15,22-23,27-30,46-51,55-66,71-74,88,111-113,119-121H,16-21,24-26,31-45,91-93H2,1-12H3,(H2,94,114)(H2,95,122)(H,96,125)(H,97,134)(H,98,126)(H,99,115)(H,100,116)(H,101,128)(H,102,129)(H,103,132)(H,104,123)(H,105,130)(H,106,131)(H,107,127)(H,108,135)(H,109,124)(H,110,133)(H,117,118)/t50-,51+,55-,56-,57-,58-,59-,60-,61-,62-,63-,64-,65-,66+,71-,72+,73-,74+,88+/m0/s1. The fourth-order valence-corrected chi connectivity index (χ4v) is 14.2. The Kier molecular flexibility index (Phi) is 53.0. The number of hydrogen-bond donors (Lipinski definition) is 27. The Morgan fingerprint density at radius 2 is 0.905 bits per heavy atom. The number of hydrogen-bond acceptors (Lipinski definition) is 29. The van der Waals surface area contributed by atoms with Crippen molar-refractivity contribution in [3.8, 4) is 5.75 Å². The molecule has 32 N–H and O–H groups in total. The Morgan fingerprint density at radius 1 is 0.445 bits per heavy atom. The second-order valence-electron chi connectivity index (χ2n) is 36.5. The first-order valence-corrected chi connectivity index (χ1v) is 46.2. The van der Waals surface area contributed by atoms with Gasteiger partial charge < -0.3 is 154 Å². The summed E-state index contributed by atoms with van der Waals surface area (Å²) in [7, 11) is 0. The highest BCUT2D eigenvalue weighted by molar-refractivity contribution is 6.01. The first-order chi connectivity index (χ1) is 64.3. The van der Waals surface area contributed by atoms with E-state index in [2.05, 4.69) is 79.8 Å². The van der Waals surface area contributed by atoms with E-state index < -0.39 is 266 Å². The van der Waals surface area contributed by atoms with Crippen LogP contribution < -0.4 is 108 Å². The molecular weight excluding hydrogens is 1790 g/mol. The number of amides is 17. The molecule has 137 heavy (non-hydrogen) atoms. The Labute approximate surface area is 797 Å². The summed E-state index contributed by atoms with van der Waals surface area (Å²) in [5.41, 5.74) is 28.0. The normalized spacial score (nSPS) is 17.9. The number of phenols is 1. The van der Waals surface area contributed by atoms with Crippen molar-refractivity contribution in [1.82, 2.24) is 79.8 Å². The third-order valence-electron chi connectivity index (χ3n) is 21.8. The van der Waals surface area contributed by atoms with Gasteiger partial charge in [-0.05, 0) is 178 Å². The molecule has 2 aromatic rings. The average Bonchev–Trinajstić information content (AvgIpc) is 0.820. The van der Waals surface area contributed by atoms with Gasteiger partial charge in [0.25, 0.3) is 0 Å². The average molecular weight is 1940 g/mol. The maximum Gasteiger partial charge on any atom is 0.303 e. The largest absolute Gasteiger partial charge is 0.508 e. The van der Waals surface area contributed by atoms with Crippen molar-refractivity contribution < 1.29 is 132 Å². The van der Waals surface area contributed by atoms with Crippen LogP contribution in [0.3, 0.4) is 0 Å². The van der Waals surface area contributed by atoms with Crippen LogP contribution in [-0.4, -0.2) is 302 Å². The number of rotatable bonds is 64. The fourth-order valence-electron chi connectivity index (χ4n) is 14.2. The van der Waals surface area contributed by atoms with Crippen LogP contribution in [0.1, 0.15) is 197 Å². The molecule has 19 atom stereocenters. The van der Waals surface area contributed by atoms with Gasteiger partial charge in [0.2, 0.25) is 100 Å². The van der Waals surface area contributed by atoms with Crippen molar-refractivity contribution in [3.05, 3.63) is 65.7 Å². The van der Waals surface area contributed by atoms with Crippen LogP contribution in [0, 0.1) is 23.7 Å². The smallest absolute Gasteiger partial charge is 0.303 e. The second kappa shape index (κ2) is 60.8. The number of ether oxygens (including phenoxy) is 2. The number of nitrogens with two attached hydrogens (primary N) is 5. The Hall–Kier alpha value is -11.7. The van der Waals surface area contributed by atoms with Gasteiger partial charge >= 0.3 is 5.97 Å². The van der Waals surface area contributed by atoms with Gasteiger partial charge in [-0.1, -0.05) is 97.9 Å². The van der Waals surface area contributed by atoms with Gasteiger partial charge in [-0.2, -0.15) is 0 Å². The molecule has 3 rings (SSSR count). The van der Waals surface area contributed by atoms with Crippen molar-refractivity contribution in [1.29, 1.82) is 0 Å². The quantitative estimate of drug-likeness (QED) is 0.0274. The van der Waals surface area contributed by atoms with Crippen molar-refractivity contribution in [2.75, 3.05) is 39.4 Å². The highest BCUT2D eigenvalue weighted by atomic mass is 16.7. The van der Waals surface area contributed by atoms with E-state index in [0.29, 0.717) is 24.0 Å². The van der Waals surface area contributed by atoms with Crippen LogP contribution >= 0.6 is 0 Å². The summed E-state index contributed by atoms with van der Waals surface area (Å²) in [5, 5.41) is 109. The van der Waals surface area contributed by atoms with E-state index in [-0.39, 0.29) is 133 Å². The van der Waals surface area contributed by atoms with Crippen LogP contribution in [-0.2, 0) is 109 Å². The number of carbonyl (C=O) groups is 18. The second-order valence-corrected chi connectivity index (χ2v) is 36.5. The number of primary amides is 2. The maximum atomic E-state index is 14.4. The molecule has 0 bridgehead atoms. The van der Waals surface area contributed by atoms with E-state index in [1.54, 1.807) is 97.9 Å². The van der Waals surface area contributed by atoms with Gasteiger partial charge in [0, 0.05) is 25.8 Å². The SMILES string of the molecule is CC(C)C[C@H](NC(=O)[C@H](CO[C@@H]1O[C@H](CO)[C@@H](O)[C@H](O)[C@H]1O)NC(=O)[C@H](CCCCN)NC(=O)[C@H](CC(C)C)NC(=O)[C@H](C)NC(=O)[C@H](CCCCN)NC(=O)[C@H](CCC(=O)O)NC(=O)C(C)(C)NC(=O)[C@H](CC(C)C)NC(=O)[C@H](CC(N)=O)NC(=O)CCCCNC(=O)[C@H](CC(C)C)NC(=O)[C@H](Cc1ccccc1)NC(=O)CNC(=O)[C@@H](NC(=O)[C@@H](N)Cc1ccc(O)cc1)[C@@H](C)O)C(N)=O. The lowest BCUT2D eigenvalue weighted by atomic mass is 9.98. The molecule has 0 aromatic heterocycles. The molecule has 47 heteroatoms. The molecule has 1 aliphatic rings. The number of aliphatic hydroxyl groups excluding tert-OH is 5. The number of benzene rings is 2. The predicted molar refractivity (Wildman–Crippen MR) is 496 cm³/mol. The van der Waals surface area contributed by atoms with Crippen LogP contribution in [0.2, 0.25) is 0 Å². The third-order valence-corrected chi connectivity index (χ3v) is 21.8. The number of aliphatic carboxylic acids is 1. The lowest BCUT2D eigenvalue weighted by Gasteiger charge is -2.40. The monoisotopic (exact) mass is 1940 g/mol. The minimum absolute atomic E-state index is 0.00354. The first kappa shape index (κ1) is 119. The summed E-state index contributed by atoms with van der Waals surface area (Å²) in [6.07, 6.45) is -11.7. The topological polar surface area (TPSA) is 778 Å². The summed E-state index contributed by atoms with van der Waals surface area (Å²) >= 11 is 0. The van der Waals surface area contributed by atoms with Crippen molar-refractivity contribution >= 4 is 106 Å². The zero-order valence-corrected chi connectivity index (χ0v) is 80.1. The summed E-state index contributed by atoms with van der Waals surface area (Å²) in [4.78, 5) is 247. The van der Waals surface area contributed by atoms with E-state index in [0.717, 1.165) is 0 Å². The van der Waals surface area contributed by atoms with Gasteiger partial charge in [-0.3, -0.25) is 86.3 Å². The zero-order valence-electron chi connectivity index (χ0n) is 80.1. The van der Waals surface area contributed by atoms with Gasteiger partial charge in [0.05, 0.1) is 38.3 Å². The molecule has 1 heterocycles. The van der Waals surface area contributed by atoms with Gasteiger partial charge in [-0.15, -0.1) is 0 Å². The number of aliphatic hydroxyl groups is 5. The highest BCUT2D eigenvalue weighted by Crippen LogP contribution is 2.24. The summed E-state index contributed by atoms with van der Waals surface area (Å²) in [5.74, 6) is -18.3. The number of nitrogens with one attached hydrogen (secondary N) is 15. The summed E-state index contributed by atoms with van der Waals surface area (Å²) in [6.45, 7) is 16.7. The van der Waals surface area contributed by atoms with Crippen LogP contribution in [0.4, 0.5) is 0 Å². The minimum Gasteiger partial charge on any atom is -0.508 e. The Bertz CT molecular complexity index is 4280. The summed E-state index contributed by atoms with van der Waals surface area (Å²) in [6, 6.07) is -4.59. The van der Waals surface area contributed by atoms with Crippen LogP contribution in [0.25, 0.3) is 0 Å². The first-order valence-electron chi connectivity index (χ1n) is 46.2. The van der Waals surface area contributed by atoms with Crippen molar-refractivity contribution in [2.45, 2.75) is 320 Å². The molecule has 1 aliphatic heterocycles. The van der Waals surface area contributed by atoms with Gasteiger partial charge in [0.1, 0.15) is 108 Å². The Morgan fingerprint density at radius 3 is 1.42 bits per heavy atom. The molecule has 2 aromatic carbocycles. The highest BCUT2D eigenvalue weighted by Gasteiger charge is 2.46. The van der Waals surface area contributed by atoms with E-state index in [1.165, 1.54) is 39.8 Å². The fraction of sp³-hybridized carbons (Fsp3) is 0.667. The molecule has 1 fully saturated rings. The molecule has 770 valence electrons. The van der Waals surface area contributed by atoms with E-state index >= 15 is 0 Å². The van der Waals surface area contributed by atoms with Crippen LogP contribution in [0.5, 0.6) is 5.75 Å². The van der Waals surface area contributed by atoms with Gasteiger partial charge in [-0.25, -0.2) is 0 Å². The molecule has 0 spiro atoms. The molecule has 47 nitrogen and oxygen atoms in total. The molecule has 0 unspecified atom stereocenters. The molecule has 0 radical (unpaired) electrons. The zero-order chi connectivity index (χ0) is 103. The van der Waals surface area contributed by atoms with Crippen molar-refractivity contribution in [3.63, 3.8) is 0 Å². The number of carbonyl (C=O) groups excluding carboxylic acids is 17. The third kappa shape index (κ3) is 44.5. The lowest BCUT2D eigenvalue weighted by Crippen LogP contribution is -2.63. The van der Waals surface area contributed by atoms with Crippen molar-refractivity contribution in [2.24, 2.45) is 52.3 Å². The molecule has 0 aliphatic carbocycles. The molecular formula is C90H148N20O27. The molecule has 1 saturated heterocycles. The number of phenolic OH excluding ortho intramolecular Hbond substituents is 1. The summed E-state index contributed by atoms with van der Waals surface area (Å²) < 4.78 is 11.1. The van der Waals surface area contributed by atoms with Gasteiger partial charge in [0.15, 0.2) is 6.29 Å². The van der Waals surface area contributed by atoms with E-state index in [4.69, 9.17) is 38.1 Å². The predicted octanol–water partition coefficient (Wildman–Crippen LogP) is -6.50. The lowest BCUT2D eigenvalue weighted by molar-refractivity contribution is -0.301. The molecule has 0 saturated carbocycles. The maximum absolute atomic E-state index is 14.4.